The van der Waals surface area contributed by atoms with E-state index in [2.05, 4.69) is 42.1 Å². The topological polar surface area (TPSA) is 80.5 Å². The Bertz CT molecular complexity index is 1450. The van der Waals surface area contributed by atoms with E-state index in [1.54, 1.807) is 12.5 Å². The maximum Gasteiger partial charge on any atom is 0.182 e. The van der Waals surface area contributed by atoms with E-state index in [1.165, 1.54) is 38.0 Å². The van der Waals surface area contributed by atoms with Crippen LogP contribution in [0.2, 0.25) is 0 Å². The summed E-state index contributed by atoms with van der Waals surface area (Å²) < 4.78 is 3.85. The SMILES string of the molecule is c1ccn(-c2cncc(-c3ncn(Cc4cc5[nH]c(CN6CC7(CCC7)C6)cc5cn4)n3)c2)c1. The maximum absolute atomic E-state index is 4.67. The van der Waals surface area contributed by atoms with Gasteiger partial charge in [0.15, 0.2) is 5.82 Å². The average Bonchev–Trinajstić information content (AvgIpc) is 3.55. The number of fused-ring (bicyclic) bond motifs is 1. The molecule has 5 aromatic rings. The van der Waals surface area contributed by atoms with Crippen molar-refractivity contribution in [1.29, 1.82) is 0 Å². The minimum Gasteiger partial charge on any atom is -0.357 e. The van der Waals surface area contributed by atoms with E-state index >= 15 is 0 Å². The summed E-state index contributed by atoms with van der Waals surface area (Å²) in [5.41, 5.74) is 5.88. The molecule has 1 saturated carbocycles. The van der Waals surface area contributed by atoms with Gasteiger partial charge in [-0.3, -0.25) is 14.9 Å². The third-order valence-electron chi connectivity index (χ3n) is 7.29. The van der Waals surface area contributed by atoms with Crippen molar-refractivity contribution >= 4 is 10.9 Å². The van der Waals surface area contributed by atoms with Crippen molar-refractivity contribution in [2.45, 2.75) is 32.4 Å². The quantitative estimate of drug-likeness (QED) is 0.422. The Hall–Kier alpha value is -3.78. The number of hydrogen-bond acceptors (Lipinski definition) is 5. The monoisotopic (exact) mass is 450 g/mol. The van der Waals surface area contributed by atoms with Gasteiger partial charge in [0.2, 0.25) is 0 Å². The summed E-state index contributed by atoms with van der Waals surface area (Å²) in [7, 11) is 0. The zero-order chi connectivity index (χ0) is 22.5. The molecule has 1 aliphatic heterocycles. The van der Waals surface area contributed by atoms with E-state index in [-0.39, 0.29) is 0 Å². The lowest BCUT2D eigenvalue weighted by molar-refractivity contribution is -0.0649. The number of hydrogen-bond donors (Lipinski definition) is 1. The Morgan fingerprint density at radius 1 is 0.941 bits per heavy atom. The molecule has 0 unspecified atom stereocenters. The maximum atomic E-state index is 4.67. The fourth-order valence-corrected chi connectivity index (χ4v) is 5.42. The van der Waals surface area contributed by atoms with E-state index < -0.39 is 0 Å². The number of aromatic amines is 1. The molecule has 2 aliphatic rings. The highest BCUT2D eigenvalue weighted by Crippen LogP contribution is 2.48. The van der Waals surface area contributed by atoms with Crippen LogP contribution in [0, 0.1) is 5.41 Å². The summed E-state index contributed by atoms with van der Waals surface area (Å²) in [6, 6.07) is 10.4. The highest BCUT2D eigenvalue weighted by molar-refractivity contribution is 5.79. The summed E-state index contributed by atoms with van der Waals surface area (Å²) in [4.78, 5) is 19.7. The molecule has 2 fully saturated rings. The van der Waals surface area contributed by atoms with Gasteiger partial charge in [-0.05, 0) is 48.6 Å². The standard InChI is InChI=1S/C26H26N8/c1-2-7-33(6-1)23-9-20(11-27-13-23)25-29-18-34(31-25)15-21-10-24-19(12-28-21)8-22(30-24)14-32-16-26(17-32)4-3-5-26/h1-2,6-13,18,30H,3-5,14-17H2. The van der Waals surface area contributed by atoms with Crippen molar-refractivity contribution in [3.05, 3.63) is 79.0 Å². The lowest BCUT2D eigenvalue weighted by atomic mass is 9.63. The minimum absolute atomic E-state index is 0.566. The second kappa shape index (κ2) is 7.63. The van der Waals surface area contributed by atoms with Gasteiger partial charge in [-0.2, -0.15) is 5.10 Å². The van der Waals surface area contributed by atoms with Crippen LogP contribution in [0.3, 0.4) is 0 Å². The van der Waals surface area contributed by atoms with Crippen molar-refractivity contribution in [1.82, 2.24) is 39.2 Å². The predicted molar refractivity (Wildman–Crippen MR) is 129 cm³/mol. The van der Waals surface area contributed by atoms with E-state index in [0.717, 1.165) is 34.4 Å². The summed E-state index contributed by atoms with van der Waals surface area (Å²) in [5, 5.41) is 5.83. The molecule has 170 valence electrons. The van der Waals surface area contributed by atoms with Crippen LogP contribution >= 0.6 is 0 Å². The lowest BCUT2D eigenvalue weighted by Crippen LogP contribution is -2.58. The Labute approximate surface area is 197 Å². The van der Waals surface area contributed by atoms with Gasteiger partial charge in [0.1, 0.15) is 6.33 Å². The lowest BCUT2D eigenvalue weighted by Gasteiger charge is -2.56. The molecule has 1 saturated heterocycles. The van der Waals surface area contributed by atoms with Crippen LogP contribution in [-0.2, 0) is 13.1 Å². The molecule has 8 nitrogen and oxygen atoms in total. The van der Waals surface area contributed by atoms with Gasteiger partial charge >= 0.3 is 0 Å². The number of likely N-dealkylation sites (tertiary alicyclic amines) is 1. The first kappa shape index (κ1) is 19.7. The number of rotatable bonds is 6. The van der Waals surface area contributed by atoms with Gasteiger partial charge in [0.05, 0.1) is 24.1 Å². The number of pyridine rings is 2. The molecule has 1 spiro atoms. The molecule has 0 amide bonds. The van der Waals surface area contributed by atoms with Crippen molar-refractivity contribution in [3.8, 4) is 17.1 Å². The molecular weight excluding hydrogens is 424 g/mol. The van der Waals surface area contributed by atoms with Gasteiger partial charge in [-0.15, -0.1) is 0 Å². The van der Waals surface area contributed by atoms with Crippen molar-refractivity contribution < 1.29 is 0 Å². The van der Waals surface area contributed by atoms with E-state index in [0.29, 0.717) is 17.8 Å². The largest absolute Gasteiger partial charge is 0.357 e. The van der Waals surface area contributed by atoms with Crippen molar-refractivity contribution in [2.24, 2.45) is 5.41 Å². The highest BCUT2D eigenvalue weighted by Gasteiger charge is 2.46. The molecular formula is C26H26N8. The first-order chi connectivity index (χ1) is 16.7. The fraction of sp³-hybridized carbons (Fsp3) is 0.308. The van der Waals surface area contributed by atoms with E-state index in [9.17, 15) is 0 Å². The molecule has 1 aliphatic carbocycles. The number of nitrogens with zero attached hydrogens (tertiary/aromatic N) is 7. The van der Waals surface area contributed by atoms with Crippen LogP contribution in [0.4, 0.5) is 0 Å². The second-order valence-electron chi connectivity index (χ2n) is 9.84. The third-order valence-corrected chi connectivity index (χ3v) is 7.29. The number of aromatic nitrogens is 7. The van der Waals surface area contributed by atoms with Crippen molar-refractivity contribution in [3.63, 3.8) is 0 Å². The van der Waals surface area contributed by atoms with Gasteiger partial charge < -0.3 is 9.55 Å². The fourth-order valence-electron chi connectivity index (χ4n) is 5.42. The molecule has 6 heterocycles. The van der Waals surface area contributed by atoms with Crippen LogP contribution in [-0.4, -0.2) is 52.3 Å². The molecule has 0 radical (unpaired) electrons. The van der Waals surface area contributed by atoms with Crippen LogP contribution in [0.5, 0.6) is 0 Å². The summed E-state index contributed by atoms with van der Waals surface area (Å²) in [6.07, 6.45) is 15.6. The van der Waals surface area contributed by atoms with Gasteiger partial charge in [-0.25, -0.2) is 9.67 Å². The first-order valence-electron chi connectivity index (χ1n) is 11.9. The van der Waals surface area contributed by atoms with Gasteiger partial charge in [-0.1, -0.05) is 6.42 Å². The van der Waals surface area contributed by atoms with E-state index in [4.69, 9.17) is 0 Å². The van der Waals surface area contributed by atoms with Gasteiger partial charge in [0, 0.05) is 66.6 Å². The molecule has 7 rings (SSSR count). The Kier molecular flexibility index (Phi) is 4.41. The summed E-state index contributed by atoms with van der Waals surface area (Å²) in [6.45, 7) is 4.07. The Balaban J connectivity index is 1.06. The summed E-state index contributed by atoms with van der Waals surface area (Å²) >= 11 is 0. The van der Waals surface area contributed by atoms with Crippen molar-refractivity contribution in [2.75, 3.05) is 13.1 Å². The molecule has 0 bridgehead atoms. The molecule has 5 aromatic heterocycles. The zero-order valence-corrected chi connectivity index (χ0v) is 18.9. The van der Waals surface area contributed by atoms with Crippen LogP contribution < -0.4 is 0 Å². The van der Waals surface area contributed by atoms with E-state index in [1.807, 2.05) is 52.2 Å². The van der Waals surface area contributed by atoms with Crippen LogP contribution in [0.1, 0.15) is 30.7 Å². The number of nitrogens with one attached hydrogen (secondary N) is 1. The molecule has 8 heteroatoms. The molecule has 1 N–H and O–H groups in total. The predicted octanol–water partition coefficient (Wildman–Crippen LogP) is 4.04. The van der Waals surface area contributed by atoms with Gasteiger partial charge in [0.25, 0.3) is 0 Å². The first-order valence-corrected chi connectivity index (χ1v) is 11.9. The minimum atomic E-state index is 0.566. The summed E-state index contributed by atoms with van der Waals surface area (Å²) in [5.74, 6) is 0.656. The molecule has 0 atom stereocenters. The second-order valence-corrected chi connectivity index (χ2v) is 9.84. The zero-order valence-electron chi connectivity index (χ0n) is 18.9. The third kappa shape index (κ3) is 3.51. The highest BCUT2D eigenvalue weighted by atomic mass is 15.3. The number of H-pyrrole nitrogens is 1. The average molecular weight is 451 g/mol. The normalized spacial score (nSPS) is 17.2. The molecule has 0 aromatic carbocycles. The van der Waals surface area contributed by atoms with Crippen LogP contribution in [0.15, 0.2) is 67.6 Å². The Morgan fingerprint density at radius 3 is 2.65 bits per heavy atom. The Morgan fingerprint density at radius 2 is 1.82 bits per heavy atom. The van der Waals surface area contributed by atoms with Crippen LogP contribution in [0.25, 0.3) is 28.0 Å². The smallest absolute Gasteiger partial charge is 0.182 e. The molecule has 34 heavy (non-hydrogen) atoms.